The fraction of sp³-hybridized carbons (Fsp3) is 1.00. The predicted molar refractivity (Wildman–Crippen MR) is 33.8 cm³/mol. The molecule has 0 amide bonds. The summed E-state index contributed by atoms with van der Waals surface area (Å²) in [4.78, 5) is 0. The van der Waals surface area contributed by atoms with Gasteiger partial charge in [0, 0.05) is 6.61 Å². The molecule has 0 aromatic heterocycles. The van der Waals surface area contributed by atoms with Crippen LogP contribution < -0.4 is 0 Å². The van der Waals surface area contributed by atoms with Crippen LogP contribution in [0.3, 0.4) is 0 Å². The lowest BCUT2D eigenvalue weighted by Crippen LogP contribution is -2.09. The Hall–Kier alpha value is -0.0400. The normalized spacial score (nSPS) is 67.0. The third-order valence-corrected chi connectivity index (χ3v) is 3.86. The molecule has 0 spiro atoms. The van der Waals surface area contributed by atoms with Crippen LogP contribution in [-0.4, -0.2) is 11.7 Å². The van der Waals surface area contributed by atoms with Gasteiger partial charge in [-0.1, -0.05) is 0 Å². The molecule has 0 aromatic carbocycles. The molecule has 4 bridgehead atoms. The molecular formula is C8H12O. The van der Waals surface area contributed by atoms with Crippen molar-refractivity contribution in [1.82, 2.24) is 0 Å². The second-order valence-corrected chi connectivity index (χ2v) is 3.98. The van der Waals surface area contributed by atoms with Crippen LogP contribution in [0, 0.1) is 29.6 Å². The Kier molecular flexibility index (Phi) is 0.628. The van der Waals surface area contributed by atoms with Crippen LogP contribution in [0.1, 0.15) is 12.8 Å². The molecule has 4 rings (SSSR count). The Morgan fingerprint density at radius 3 is 2.11 bits per heavy atom. The predicted octanol–water partition coefficient (Wildman–Crippen LogP) is 0.881. The molecule has 1 N–H and O–H groups in total. The highest BCUT2D eigenvalue weighted by Crippen LogP contribution is 2.72. The van der Waals surface area contributed by atoms with Gasteiger partial charge in [0.1, 0.15) is 0 Å². The van der Waals surface area contributed by atoms with E-state index < -0.39 is 0 Å². The number of hydrogen-bond donors (Lipinski definition) is 1. The van der Waals surface area contributed by atoms with Crippen LogP contribution in [0.25, 0.3) is 0 Å². The molecule has 4 fully saturated rings. The lowest BCUT2D eigenvalue weighted by atomic mass is 10.00. The lowest BCUT2D eigenvalue weighted by molar-refractivity contribution is 0.197. The largest absolute Gasteiger partial charge is 0.396 e. The first-order chi connectivity index (χ1) is 4.42. The smallest absolute Gasteiger partial charge is 0.0464 e. The summed E-state index contributed by atoms with van der Waals surface area (Å²) in [6.45, 7) is 0.475. The molecule has 0 unspecified atom stereocenters. The minimum Gasteiger partial charge on any atom is -0.396 e. The summed E-state index contributed by atoms with van der Waals surface area (Å²) in [7, 11) is 0. The lowest BCUT2D eigenvalue weighted by Gasteiger charge is -2.08. The van der Waals surface area contributed by atoms with Gasteiger partial charge in [0.15, 0.2) is 0 Å². The molecule has 1 heteroatoms. The molecule has 0 saturated heterocycles. The number of rotatable bonds is 1. The van der Waals surface area contributed by atoms with Crippen LogP contribution >= 0.6 is 0 Å². The fourth-order valence-corrected chi connectivity index (χ4v) is 3.50. The summed E-state index contributed by atoms with van der Waals surface area (Å²) in [6, 6.07) is 0. The first-order valence-electron chi connectivity index (χ1n) is 4.02. The molecule has 0 heterocycles. The Morgan fingerprint density at radius 1 is 1.22 bits per heavy atom. The zero-order valence-electron chi connectivity index (χ0n) is 5.46. The van der Waals surface area contributed by atoms with Gasteiger partial charge >= 0.3 is 0 Å². The van der Waals surface area contributed by atoms with Gasteiger partial charge in [-0.25, -0.2) is 0 Å². The van der Waals surface area contributed by atoms with Gasteiger partial charge in [0.05, 0.1) is 0 Å². The minimum absolute atomic E-state index is 0.475. The Balaban J connectivity index is 1.95. The second kappa shape index (κ2) is 1.20. The van der Waals surface area contributed by atoms with E-state index in [2.05, 4.69) is 0 Å². The highest BCUT2D eigenvalue weighted by atomic mass is 16.3. The van der Waals surface area contributed by atoms with Crippen LogP contribution in [-0.2, 0) is 0 Å². The Labute approximate surface area is 55.1 Å². The van der Waals surface area contributed by atoms with E-state index in [0.717, 1.165) is 29.6 Å². The average Bonchev–Trinajstić information content (AvgIpc) is 2.40. The van der Waals surface area contributed by atoms with E-state index in [-0.39, 0.29) is 0 Å². The highest BCUT2D eigenvalue weighted by molar-refractivity contribution is 5.15. The van der Waals surface area contributed by atoms with E-state index in [1.54, 1.807) is 0 Å². The number of hydrogen-bond acceptors (Lipinski definition) is 1. The summed E-state index contributed by atoms with van der Waals surface area (Å²) in [5.74, 6) is 4.81. The van der Waals surface area contributed by atoms with Gasteiger partial charge in [-0.2, -0.15) is 0 Å². The van der Waals surface area contributed by atoms with Gasteiger partial charge in [-0.05, 0) is 42.4 Å². The zero-order chi connectivity index (χ0) is 6.01. The third-order valence-electron chi connectivity index (χ3n) is 3.86. The molecular weight excluding hydrogens is 112 g/mol. The third kappa shape index (κ3) is 0.362. The van der Waals surface area contributed by atoms with Crippen molar-refractivity contribution in [3.63, 3.8) is 0 Å². The van der Waals surface area contributed by atoms with Crippen LogP contribution in [0.5, 0.6) is 0 Å². The van der Waals surface area contributed by atoms with Gasteiger partial charge in [0.25, 0.3) is 0 Å². The monoisotopic (exact) mass is 124 g/mol. The van der Waals surface area contributed by atoms with E-state index in [4.69, 9.17) is 5.11 Å². The SMILES string of the molecule is OC[C@@H]1C2C[C@H]3C1[C@@H]3C2. The maximum atomic E-state index is 8.96. The van der Waals surface area contributed by atoms with E-state index >= 15 is 0 Å². The van der Waals surface area contributed by atoms with Crippen LogP contribution in [0.2, 0.25) is 0 Å². The summed E-state index contributed by atoms with van der Waals surface area (Å²) in [6.07, 6.45) is 2.92. The molecule has 0 radical (unpaired) electrons. The molecule has 9 heavy (non-hydrogen) atoms. The van der Waals surface area contributed by atoms with Crippen molar-refractivity contribution in [3.05, 3.63) is 0 Å². The Morgan fingerprint density at radius 2 is 1.89 bits per heavy atom. The summed E-state index contributed by atoms with van der Waals surface area (Å²) >= 11 is 0. The number of aliphatic hydroxyl groups is 1. The maximum Gasteiger partial charge on any atom is 0.0464 e. The molecule has 3 atom stereocenters. The molecule has 4 aliphatic rings. The fourth-order valence-electron chi connectivity index (χ4n) is 3.50. The molecule has 4 aliphatic carbocycles. The van der Waals surface area contributed by atoms with Crippen molar-refractivity contribution in [2.45, 2.75) is 12.8 Å². The average molecular weight is 124 g/mol. The van der Waals surface area contributed by atoms with Crippen molar-refractivity contribution in [1.29, 1.82) is 0 Å². The van der Waals surface area contributed by atoms with Crippen molar-refractivity contribution in [2.75, 3.05) is 6.61 Å². The van der Waals surface area contributed by atoms with Gasteiger partial charge in [-0.3, -0.25) is 0 Å². The standard InChI is InChI=1S/C8H12O/c9-3-7-4-1-5-6(2-4)8(5)7/h4-9H,1-3H2/t4?,5-,6-,7-,8?/m1/s1. The Bertz CT molecular complexity index is 141. The minimum atomic E-state index is 0.475. The van der Waals surface area contributed by atoms with E-state index in [9.17, 15) is 0 Å². The van der Waals surface area contributed by atoms with E-state index in [1.807, 2.05) is 0 Å². The first-order valence-corrected chi connectivity index (χ1v) is 4.02. The highest BCUT2D eigenvalue weighted by Gasteiger charge is 2.67. The van der Waals surface area contributed by atoms with Gasteiger partial charge < -0.3 is 5.11 Å². The van der Waals surface area contributed by atoms with Crippen molar-refractivity contribution in [2.24, 2.45) is 29.6 Å². The zero-order valence-corrected chi connectivity index (χ0v) is 5.46. The van der Waals surface area contributed by atoms with Gasteiger partial charge in [0.2, 0.25) is 0 Å². The summed E-state index contributed by atoms with van der Waals surface area (Å²) in [5.41, 5.74) is 0. The molecule has 4 saturated carbocycles. The van der Waals surface area contributed by atoms with Gasteiger partial charge in [-0.15, -0.1) is 0 Å². The van der Waals surface area contributed by atoms with E-state index in [0.29, 0.717) is 6.61 Å². The topological polar surface area (TPSA) is 20.2 Å². The second-order valence-electron chi connectivity index (χ2n) is 3.98. The summed E-state index contributed by atoms with van der Waals surface area (Å²) < 4.78 is 0. The molecule has 0 aromatic rings. The van der Waals surface area contributed by atoms with E-state index in [1.165, 1.54) is 12.8 Å². The van der Waals surface area contributed by atoms with Crippen LogP contribution in [0.4, 0.5) is 0 Å². The van der Waals surface area contributed by atoms with Crippen molar-refractivity contribution in [3.8, 4) is 0 Å². The van der Waals surface area contributed by atoms with Crippen molar-refractivity contribution >= 4 is 0 Å². The van der Waals surface area contributed by atoms with Crippen LogP contribution in [0.15, 0.2) is 0 Å². The molecule has 0 aliphatic heterocycles. The molecule has 50 valence electrons. The molecule has 1 nitrogen and oxygen atoms in total. The van der Waals surface area contributed by atoms with Crippen molar-refractivity contribution < 1.29 is 5.11 Å². The maximum absolute atomic E-state index is 8.96. The quantitative estimate of drug-likeness (QED) is 0.550. The first kappa shape index (κ1) is 4.73. The number of aliphatic hydroxyl groups excluding tert-OH is 1. The summed E-state index contributed by atoms with van der Waals surface area (Å²) in [5, 5.41) is 8.96.